The van der Waals surface area contributed by atoms with Crippen molar-refractivity contribution in [3.05, 3.63) is 47.2 Å². The topological polar surface area (TPSA) is 84.4 Å². The van der Waals surface area contributed by atoms with E-state index in [1.54, 1.807) is 0 Å². The van der Waals surface area contributed by atoms with Crippen LogP contribution in [0.1, 0.15) is 35.7 Å². The minimum atomic E-state index is 0. The normalized spacial score (nSPS) is 14.8. The van der Waals surface area contributed by atoms with Gasteiger partial charge in [0, 0.05) is 12.2 Å². The molecule has 1 aromatic heterocycles. The molecule has 1 aliphatic heterocycles. The van der Waals surface area contributed by atoms with Crippen molar-refractivity contribution < 1.29 is 9.21 Å². The molecule has 3 rings (SSSR count). The number of benzene rings is 1. The van der Waals surface area contributed by atoms with Gasteiger partial charge in [-0.3, -0.25) is 9.69 Å². The molecule has 28 heavy (non-hydrogen) atoms. The second-order valence-electron chi connectivity index (χ2n) is 7.19. The molecule has 0 atom stereocenters. The third-order valence-corrected chi connectivity index (χ3v) is 5.07. The summed E-state index contributed by atoms with van der Waals surface area (Å²) in [6.45, 7) is 7.47. The summed E-state index contributed by atoms with van der Waals surface area (Å²) < 4.78 is 5.67. The van der Waals surface area contributed by atoms with E-state index < -0.39 is 0 Å². The molecule has 0 radical (unpaired) electrons. The van der Waals surface area contributed by atoms with Crippen molar-refractivity contribution in [3.8, 4) is 0 Å². The maximum atomic E-state index is 12.1. The molecule has 2 heterocycles. The van der Waals surface area contributed by atoms with Crippen LogP contribution in [-0.2, 0) is 17.8 Å². The number of anilines is 1. The summed E-state index contributed by atoms with van der Waals surface area (Å²) in [7, 11) is 0. The molecule has 0 aliphatic carbocycles. The van der Waals surface area contributed by atoms with Gasteiger partial charge in [0.1, 0.15) is 5.76 Å². The van der Waals surface area contributed by atoms with Gasteiger partial charge in [-0.25, -0.2) is 4.98 Å². The van der Waals surface area contributed by atoms with Gasteiger partial charge in [0.15, 0.2) is 0 Å². The minimum Gasteiger partial charge on any atom is -0.444 e. The Kier molecular flexibility index (Phi) is 9.79. The average Bonchev–Trinajstić information content (AvgIpc) is 2.94. The van der Waals surface area contributed by atoms with E-state index in [2.05, 4.69) is 15.2 Å². The number of aromatic nitrogens is 1. The molecule has 6 nitrogen and oxygen atoms in total. The first-order valence-electron chi connectivity index (χ1n) is 9.26. The number of carbonyl (C=O) groups excluding carboxylic acids is 1. The van der Waals surface area contributed by atoms with Crippen LogP contribution in [0, 0.1) is 19.8 Å². The lowest BCUT2D eigenvalue weighted by atomic mass is 9.96. The van der Waals surface area contributed by atoms with Crippen molar-refractivity contribution in [2.24, 2.45) is 5.92 Å². The quantitative estimate of drug-likeness (QED) is 0.689. The number of nitrogens with zero attached hydrogens (tertiary/aromatic N) is 2. The summed E-state index contributed by atoms with van der Waals surface area (Å²) in [5.41, 5.74) is 8.35. The van der Waals surface area contributed by atoms with Crippen LogP contribution in [-0.4, -0.2) is 35.4 Å². The highest BCUT2D eigenvalue weighted by atomic mass is 35.5. The van der Waals surface area contributed by atoms with Crippen LogP contribution < -0.4 is 11.1 Å². The molecule has 0 bridgehead atoms. The second kappa shape index (κ2) is 11.3. The van der Waals surface area contributed by atoms with Gasteiger partial charge in [-0.15, -0.1) is 24.8 Å². The van der Waals surface area contributed by atoms with Crippen molar-refractivity contribution in [1.82, 2.24) is 15.2 Å². The van der Waals surface area contributed by atoms with Crippen molar-refractivity contribution in [3.63, 3.8) is 0 Å². The summed E-state index contributed by atoms with van der Waals surface area (Å²) in [6.07, 6.45) is 2.57. The molecule has 1 amide bonds. The van der Waals surface area contributed by atoms with E-state index in [0.717, 1.165) is 67.6 Å². The Morgan fingerprint density at radius 2 is 1.86 bits per heavy atom. The Morgan fingerprint density at radius 1 is 1.21 bits per heavy atom. The number of hydrogen-bond donors (Lipinski definition) is 2. The highest BCUT2D eigenvalue weighted by Crippen LogP contribution is 2.19. The highest BCUT2D eigenvalue weighted by molar-refractivity contribution is 5.85. The Bertz CT molecular complexity index is 722. The number of nitrogens with one attached hydrogen (secondary N) is 1. The summed E-state index contributed by atoms with van der Waals surface area (Å²) in [5, 5.41) is 3.07. The van der Waals surface area contributed by atoms with Crippen molar-refractivity contribution in [1.29, 1.82) is 0 Å². The smallest absolute Gasteiger partial charge is 0.224 e. The maximum Gasteiger partial charge on any atom is 0.224 e. The number of halogens is 2. The van der Waals surface area contributed by atoms with E-state index in [0.29, 0.717) is 12.3 Å². The fourth-order valence-electron chi connectivity index (χ4n) is 3.29. The van der Waals surface area contributed by atoms with Gasteiger partial charge in [-0.1, -0.05) is 12.1 Å². The molecule has 0 unspecified atom stereocenters. The summed E-state index contributed by atoms with van der Waals surface area (Å²) >= 11 is 0. The molecule has 1 aliphatic rings. The van der Waals surface area contributed by atoms with Crippen LogP contribution in [0.2, 0.25) is 0 Å². The first kappa shape index (κ1) is 24.3. The maximum absolute atomic E-state index is 12.1. The highest BCUT2D eigenvalue weighted by Gasteiger charge is 2.21. The summed E-state index contributed by atoms with van der Waals surface area (Å²) in [6, 6.07) is 7.46. The first-order chi connectivity index (χ1) is 12.5. The second-order valence-corrected chi connectivity index (χ2v) is 7.19. The van der Waals surface area contributed by atoms with E-state index in [1.165, 1.54) is 0 Å². The van der Waals surface area contributed by atoms with Gasteiger partial charge in [0.25, 0.3) is 0 Å². The van der Waals surface area contributed by atoms with Gasteiger partial charge < -0.3 is 15.5 Å². The predicted octanol–water partition coefficient (Wildman–Crippen LogP) is 3.29. The molecule has 1 saturated heterocycles. The van der Waals surface area contributed by atoms with E-state index in [4.69, 9.17) is 10.2 Å². The van der Waals surface area contributed by atoms with Crippen molar-refractivity contribution in [2.75, 3.05) is 25.4 Å². The average molecular weight is 429 g/mol. The van der Waals surface area contributed by atoms with Crippen LogP contribution in [0.15, 0.2) is 28.7 Å². The van der Waals surface area contributed by atoms with Crippen LogP contribution in [0.4, 0.5) is 5.69 Å². The number of aryl methyl sites for hydroxylation is 2. The van der Waals surface area contributed by atoms with E-state index in [1.807, 2.05) is 38.1 Å². The Labute approximate surface area is 179 Å². The Morgan fingerprint density at radius 3 is 2.43 bits per heavy atom. The SMILES string of the molecule is Cc1nc(CN2CCC(CNC(=O)Cc3ccc(N)cc3)CC2)oc1C.Cl.Cl. The third kappa shape index (κ3) is 7.00. The van der Waals surface area contributed by atoms with Crippen LogP contribution >= 0.6 is 24.8 Å². The molecule has 156 valence electrons. The van der Waals surface area contributed by atoms with E-state index in [-0.39, 0.29) is 30.7 Å². The van der Waals surface area contributed by atoms with Gasteiger partial charge in [-0.2, -0.15) is 0 Å². The van der Waals surface area contributed by atoms with E-state index >= 15 is 0 Å². The molecule has 2 aromatic rings. The van der Waals surface area contributed by atoms with Crippen molar-refractivity contribution >= 4 is 36.4 Å². The largest absolute Gasteiger partial charge is 0.444 e. The fraction of sp³-hybridized carbons (Fsp3) is 0.500. The molecule has 0 spiro atoms. The lowest BCUT2D eigenvalue weighted by Gasteiger charge is -2.31. The Hall–Kier alpha value is -1.76. The number of likely N-dealkylation sites (tertiary alicyclic amines) is 1. The lowest BCUT2D eigenvalue weighted by Crippen LogP contribution is -2.38. The standard InChI is InChI=1S/C20H28N4O2.2ClH/c1-14-15(2)26-20(23-14)13-24-9-7-17(8-10-24)12-22-19(25)11-16-3-5-18(21)6-4-16;;/h3-6,17H,7-13,21H2,1-2H3,(H,22,25);2*1H. The number of amides is 1. The zero-order valence-electron chi connectivity index (χ0n) is 16.4. The monoisotopic (exact) mass is 428 g/mol. The Balaban J connectivity index is 0.00000196. The zero-order chi connectivity index (χ0) is 18.5. The van der Waals surface area contributed by atoms with Crippen LogP contribution in [0.5, 0.6) is 0 Å². The van der Waals surface area contributed by atoms with Crippen molar-refractivity contribution in [2.45, 2.75) is 39.7 Å². The summed E-state index contributed by atoms with van der Waals surface area (Å²) in [5.74, 6) is 2.31. The van der Waals surface area contributed by atoms with Gasteiger partial charge in [0.05, 0.1) is 18.7 Å². The van der Waals surface area contributed by atoms with Gasteiger partial charge in [0.2, 0.25) is 11.8 Å². The zero-order valence-corrected chi connectivity index (χ0v) is 18.1. The number of oxazole rings is 1. The molecule has 8 heteroatoms. The first-order valence-corrected chi connectivity index (χ1v) is 9.26. The summed E-state index contributed by atoms with van der Waals surface area (Å²) in [4.78, 5) is 18.9. The molecular weight excluding hydrogens is 399 g/mol. The fourth-order valence-corrected chi connectivity index (χ4v) is 3.29. The third-order valence-electron chi connectivity index (χ3n) is 5.07. The number of hydrogen-bond acceptors (Lipinski definition) is 5. The van der Waals surface area contributed by atoms with Gasteiger partial charge in [-0.05, 0) is 63.4 Å². The number of carbonyl (C=O) groups is 1. The van der Waals surface area contributed by atoms with Crippen LogP contribution in [0.3, 0.4) is 0 Å². The number of piperidine rings is 1. The number of nitrogen functional groups attached to an aromatic ring is 1. The lowest BCUT2D eigenvalue weighted by molar-refractivity contribution is -0.120. The predicted molar refractivity (Wildman–Crippen MR) is 116 cm³/mol. The molecule has 1 fully saturated rings. The minimum absolute atomic E-state index is 0. The molecule has 3 N–H and O–H groups in total. The number of nitrogens with two attached hydrogens (primary N) is 1. The molecule has 1 aromatic carbocycles. The molecular formula is C20H30Cl2N4O2. The number of rotatable bonds is 6. The van der Waals surface area contributed by atoms with Crippen LogP contribution in [0.25, 0.3) is 0 Å². The van der Waals surface area contributed by atoms with E-state index in [9.17, 15) is 4.79 Å². The van der Waals surface area contributed by atoms with Gasteiger partial charge >= 0.3 is 0 Å². The molecule has 0 saturated carbocycles.